The Morgan fingerprint density at radius 1 is 1.15 bits per heavy atom. The second-order valence-corrected chi connectivity index (χ2v) is 6.88. The van der Waals surface area contributed by atoms with Gasteiger partial charge in [0.2, 0.25) is 5.91 Å². The predicted octanol–water partition coefficient (Wildman–Crippen LogP) is 2.76. The highest BCUT2D eigenvalue weighted by Crippen LogP contribution is 2.24. The lowest BCUT2D eigenvalue weighted by atomic mass is 10.1. The third-order valence-electron chi connectivity index (χ3n) is 4.48. The smallest absolute Gasteiger partial charge is 0.255 e. The number of halogens is 1. The predicted molar refractivity (Wildman–Crippen MR) is 105 cm³/mol. The van der Waals surface area contributed by atoms with Crippen molar-refractivity contribution in [2.75, 3.05) is 31.6 Å². The Labute approximate surface area is 163 Å². The Balaban J connectivity index is 1.68. The van der Waals surface area contributed by atoms with Gasteiger partial charge in [0.15, 0.2) is 0 Å². The number of hydrogen-bond donors (Lipinski definition) is 2. The van der Waals surface area contributed by atoms with E-state index in [1.165, 1.54) is 0 Å². The fourth-order valence-electron chi connectivity index (χ4n) is 2.85. The number of nitrogens with zero attached hydrogens (tertiary/aromatic N) is 1. The number of anilines is 1. The van der Waals surface area contributed by atoms with E-state index >= 15 is 0 Å². The molecule has 2 aromatic carbocycles. The average molecular weight is 388 g/mol. The van der Waals surface area contributed by atoms with Crippen molar-refractivity contribution in [3.05, 3.63) is 64.2 Å². The molecule has 1 heterocycles. The minimum Gasteiger partial charge on any atom is -0.378 e. The number of carbonyl (C=O) groups is 2. The zero-order chi connectivity index (χ0) is 19.4. The quantitative estimate of drug-likeness (QED) is 0.844. The Morgan fingerprint density at radius 2 is 1.81 bits per heavy atom. The third-order valence-corrected chi connectivity index (χ3v) is 4.80. The number of ether oxygens (including phenoxy) is 1. The van der Waals surface area contributed by atoms with E-state index in [0.717, 1.165) is 11.1 Å². The number of carbonyl (C=O) groups excluding carboxylic acids is 2. The van der Waals surface area contributed by atoms with Gasteiger partial charge >= 0.3 is 0 Å². The molecule has 1 saturated heterocycles. The van der Waals surface area contributed by atoms with Crippen LogP contribution in [0.2, 0.25) is 5.02 Å². The van der Waals surface area contributed by atoms with Crippen LogP contribution in [0, 0.1) is 6.92 Å². The molecule has 0 bridgehead atoms. The maximum atomic E-state index is 12.6. The fraction of sp³-hybridized carbons (Fsp3) is 0.300. The van der Waals surface area contributed by atoms with E-state index in [1.54, 1.807) is 23.1 Å². The minimum absolute atomic E-state index is 0.141. The van der Waals surface area contributed by atoms with Crippen molar-refractivity contribution in [2.45, 2.75) is 13.0 Å². The lowest BCUT2D eigenvalue weighted by molar-refractivity contribution is -0.117. The van der Waals surface area contributed by atoms with E-state index in [0.29, 0.717) is 37.6 Å². The first kappa shape index (κ1) is 19.4. The van der Waals surface area contributed by atoms with Crippen molar-refractivity contribution in [3.8, 4) is 0 Å². The van der Waals surface area contributed by atoms with Gasteiger partial charge in [0, 0.05) is 18.8 Å². The number of aryl methyl sites for hydroxylation is 1. The average Bonchev–Trinajstić information content (AvgIpc) is 2.68. The Kier molecular flexibility index (Phi) is 6.11. The van der Waals surface area contributed by atoms with E-state index in [1.807, 2.05) is 31.2 Å². The normalized spacial score (nSPS) is 15.3. The highest BCUT2D eigenvalue weighted by Gasteiger charge is 2.21. The summed E-state index contributed by atoms with van der Waals surface area (Å²) in [6, 6.07) is 11.5. The molecular weight excluding hydrogens is 366 g/mol. The summed E-state index contributed by atoms with van der Waals surface area (Å²) in [6.45, 7) is 4.10. The molecule has 1 atom stereocenters. The van der Waals surface area contributed by atoms with Gasteiger partial charge in [-0.05, 0) is 30.7 Å². The molecule has 1 unspecified atom stereocenters. The zero-order valence-corrected chi connectivity index (χ0v) is 15.8. The molecule has 1 fully saturated rings. The van der Waals surface area contributed by atoms with Crippen molar-refractivity contribution in [3.63, 3.8) is 0 Å². The SMILES string of the molecule is Cc1ccc(C(N)C(=O)Nc2ccc(C(=O)N3CCOCC3)c(Cl)c2)cc1. The van der Waals surface area contributed by atoms with Crippen LogP contribution >= 0.6 is 11.6 Å². The van der Waals surface area contributed by atoms with Crippen LogP contribution in [-0.4, -0.2) is 43.0 Å². The molecule has 0 saturated carbocycles. The van der Waals surface area contributed by atoms with E-state index in [2.05, 4.69) is 5.32 Å². The molecule has 0 radical (unpaired) electrons. The van der Waals surface area contributed by atoms with Gasteiger partial charge in [0.1, 0.15) is 6.04 Å². The molecule has 2 amide bonds. The van der Waals surface area contributed by atoms with Crippen LogP contribution in [-0.2, 0) is 9.53 Å². The molecule has 3 rings (SSSR count). The number of nitrogens with one attached hydrogen (secondary N) is 1. The summed E-state index contributed by atoms with van der Waals surface area (Å²) in [7, 11) is 0. The van der Waals surface area contributed by atoms with E-state index in [9.17, 15) is 9.59 Å². The molecule has 3 N–H and O–H groups in total. The van der Waals surface area contributed by atoms with Gasteiger partial charge in [-0.25, -0.2) is 0 Å². The number of rotatable bonds is 4. The topological polar surface area (TPSA) is 84.7 Å². The van der Waals surface area contributed by atoms with Crippen molar-refractivity contribution >= 4 is 29.1 Å². The van der Waals surface area contributed by atoms with Crippen LogP contribution in [0.15, 0.2) is 42.5 Å². The van der Waals surface area contributed by atoms with Crippen LogP contribution in [0.3, 0.4) is 0 Å². The number of morpholine rings is 1. The van der Waals surface area contributed by atoms with Crippen molar-refractivity contribution in [1.29, 1.82) is 0 Å². The highest BCUT2D eigenvalue weighted by atomic mass is 35.5. The van der Waals surface area contributed by atoms with E-state index in [4.69, 9.17) is 22.1 Å². The standard InChI is InChI=1S/C20H22ClN3O3/c1-13-2-4-14(5-3-13)18(22)19(25)23-15-6-7-16(17(21)12-15)20(26)24-8-10-27-11-9-24/h2-7,12,18H,8-11,22H2,1H3,(H,23,25). The third kappa shape index (κ3) is 4.66. The summed E-state index contributed by atoms with van der Waals surface area (Å²) in [6.07, 6.45) is 0. The maximum Gasteiger partial charge on any atom is 0.255 e. The Morgan fingerprint density at radius 3 is 2.44 bits per heavy atom. The second kappa shape index (κ2) is 8.52. The highest BCUT2D eigenvalue weighted by molar-refractivity contribution is 6.34. The summed E-state index contributed by atoms with van der Waals surface area (Å²) in [4.78, 5) is 26.7. The summed E-state index contributed by atoms with van der Waals surface area (Å²) >= 11 is 6.28. The van der Waals surface area contributed by atoms with Gasteiger partial charge in [-0.2, -0.15) is 0 Å². The summed E-state index contributed by atoms with van der Waals surface area (Å²) in [5.74, 6) is -0.486. The fourth-order valence-corrected chi connectivity index (χ4v) is 3.11. The molecule has 1 aliphatic heterocycles. The van der Waals surface area contributed by atoms with Crippen LogP contribution in [0.1, 0.15) is 27.5 Å². The Bertz CT molecular complexity index is 833. The first-order chi connectivity index (χ1) is 13.0. The number of benzene rings is 2. The van der Waals surface area contributed by atoms with Crippen LogP contribution < -0.4 is 11.1 Å². The largest absolute Gasteiger partial charge is 0.378 e. The van der Waals surface area contributed by atoms with Crippen molar-refractivity contribution < 1.29 is 14.3 Å². The number of nitrogens with two attached hydrogens (primary N) is 1. The zero-order valence-electron chi connectivity index (χ0n) is 15.1. The van der Waals surface area contributed by atoms with Crippen LogP contribution in [0.5, 0.6) is 0 Å². The molecule has 0 spiro atoms. The monoisotopic (exact) mass is 387 g/mol. The van der Waals surface area contributed by atoms with E-state index in [-0.39, 0.29) is 16.8 Å². The van der Waals surface area contributed by atoms with Crippen LogP contribution in [0.25, 0.3) is 0 Å². The van der Waals surface area contributed by atoms with Gasteiger partial charge in [0.05, 0.1) is 23.8 Å². The Hall–Kier alpha value is -2.41. The molecule has 2 aromatic rings. The molecule has 0 aromatic heterocycles. The number of hydrogen-bond acceptors (Lipinski definition) is 4. The lowest BCUT2D eigenvalue weighted by Crippen LogP contribution is -2.40. The minimum atomic E-state index is -0.793. The van der Waals surface area contributed by atoms with Gasteiger partial charge in [0.25, 0.3) is 5.91 Å². The molecule has 142 valence electrons. The second-order valence-electron chi connectivity index (χ2n) is 6.48. The molecule has 0 aliphatic carbocycles. The summed E-state index contributed by atoms with van der Waals surface area (Å²) in [5.41, 5.74) is 8.75. The molecule has 6 nitrogen and oxygen atoms in total. The molecular formula is C20H22ClN3O3. The first-order valence-electron chi connectivity index (χ1n) is 8.75. The molecule has 1 aliphatic rings. The summed E-state index contributed by atoms with van der Waals surface area (Å²) in [5, 5.41) is 3.03. The van der Waals surface area contributed by atoms with Crippen LogP contribution in [0.4, 0.5) is 5.69 Å². The van der Waals surface area contributed by atoms with Gasteiger partial charge in [-0.3, -0.25) is 9.59 Å². The first-order valence-corrected chi connectivity index (χ1v) is 9.13. The summed E-state index contributed by atoms with van der Waals surface area (Å²) < 4.78 is 5.26. The van der Waals surface area contributed by atoms with Gasteiger partial charge in [-0.1, -0.05) is 41.4 Å². The molecule has 27 heavy (non-hydrogen) atoms. The number of amides is 2. The molecule has 7 heteroatoms. The van der Waals surface area contributed by atoms with Gasteiger partial charge < -0.3 is 20.7 Å². The van der Waals surface area contributed by atoms with Crippen molar-refractivity contribution in [2.24, 2.45) is 5.73 Å². The van der Waals surface area contributed by atoms with Gasteiger partial charge in [-0.15, -0.1) is 0 Å². The van der Waals surface area contributed by atoms with Crippen molar-refractivity contribution in [1.82, 2.24) is 4.90 Å². The maximum absolute atomic E-state index is 12.6. The lowest BCUT2D eigenvalue weighted by Gasteiger charge is -2.27. The van der Waals surface area contributed by atoms with E-state index < -0.39 is 6.04 Å².